The maximum Gasteiger partial charge on any atom is 0.418 e. The van der Waals surface area contributed by atoms with Crippen molar-refractivity contribution in [3.05, 3.63) is 64.6 Å². The van der Waals surface area contributed by atoms with E-state index in [-0.39, 0.29) is 30.2 Å². The van der Waals surface area contributed by atoms with Gasteiger partial charge in [-0.3, -0.25) is 19.3 Å². The summed E-state index contributed by atoms with van der Waals surface area (Å²) in [5.41, 5.74) is -1.44. The van der Waals surface area contributed by atoms with Crippen molar-refractivity contribution in [2.75, 3.05) is 38.0 Å². The van der Waals surface area contributed by atoms with E-state index < -0.39 is 17.6 Å². The van der Waals surface area contributed by atoms with Crippen molar-refractivity contribution in [1.82, 2.24) is 14.4 Å². The average Bonchev–Trinajstić information content (AvgIpc) is 2.70. The molecule has 1 aliphatic heterocycles. The third kappa shape index (κ3) is 5.47. The number of piperazine rings is 1. The molecule has 1 aliphatic rings. The van der Waals surface area contributed by atoms with Crippen LogP contribution in [0.4, 0.5) is 18.9 Å². The normalized spacial score (nSPS) is 15.1. The molecular weight excluding hydrogens is 401 g/mol. The molecule has 10 heteroatoms. The minimum Gasteiger partial charge on any atom is -0.339 e. The standard InChI is InChI=1S/C20H21F3N4O3/c21-20(22,23)15-5-1-2-6-16(15)24-17(28)13-25-9-11-26(12-10-25)19(30)14-27-8-4-3-7-18(27)29/h1-8H,9-14H2,(H,24,28). The Labute approximate surface area is 170 Å². The summed E-state index contributed by atoms with van der Waals surface area (Å²) in [6.07, 6.45) is -3.02. The summed E-state index contributed by atoms with van der Waals surface area (Å²) in [6, 6.07) is 9.45. The third-order valence-corrected chi connectivity index (χ3v) is 4.80. The van der Waals surface area contributed by atoms with Crippen LogP contribution in [0, 0.1) is 0 Å². The number of anilines is 1. The van der Waals surface area contributed by atoms with Crippen LogP contribution in [0.5, 0.6) is 0 Å². The zero-order valence-electron chi connectivity index (χ0n) is 16.1. The molecule has 0 saturated carbocycles. The number of halogens is 3. The fourth-order valence-corrected chi connectivity index (χ4v) is 3.22. The Hall–Kier alpha value is -3.14. The van der Waals surface area contributed by atoms with Crippen LogP contribution in [0.1, 0.15) is 5.56 Å². The van der Waals surface area contributed by atoms with Crippen molar-refractivity contribution >= 4 is 17.5 Å². The average molecular weight is 422 g/mol. The van der Waals surface area contributed by atoms with Gasteiger partial charge in [-0.05, 0) is 18.2 Å². The molecule has 0 atom stereocenters. The quantitative estimate of drug-likeness (QED) is 0.795. The number of alkyl halides is 3. The summed E-state index contributed by atoms with van der Waals surface area (Å²) in [7, 11) is 0. The Morgan fingerprint density at radius 2 is 1.60 bits per heavy atom. The molecule has 7 nitrogen and oxygen atoms in total. The topological polar surface area (TPSA) is 74.7 Å². The predicted molar refractivity (Wildman–Crippen MR) is 104 cm³/mol. The van der Waals surface area contributed by atoms with Gasteiger partial charge in [-0.15, -0.1) is 0 Å². The molecule has 2 heterocycles. The van der Waals surface area contributed by atoms with Gasteiger partial charge in [0.2, 0.25) is 11.8 Å². The van der Waals surface area contributed by atoms with Crippen LogP contribution in [0.2, 0.25) is 0 Å². The van der Waals surface area contributed by atoms with Crippen LogP contribution in [0.3, 0.4) is 0 Å². The number of rotatable bonds is 5. The van der Waals surface area contributed by atoms with E-state index >= 15 is 0 Å². The summed E-state index contributed by atoms with van der Waals surface area (Å²) in [4.78, 5) is 39.7. The summed E-state index contributed by atoms with van der Waals surface area (Å²) in [5.74, 6) is -0.756. The summed E-state index contributed by atoms with van der Waals surface area (Å²) in [5, 5.41) is 2.32. The molecule has 1 saturated heterocycles. The number of aromatic nitrogens is 1. The van der Waals surface area contributed by atoms with Gasteiger partial charge in [0.1, 0.15) is 6.54 Å². The van der Waals surface area contributed by atoms with Crippen molar-refractivity contribution in [3.63, 3.8) is 0 Å². The smallest absolute Gasteiger partial charge is 0.339 e. The van der Waals surface area contributed by atoms with Gasteiger partial charge in [0.15, 0.2) is 0 Å². The SMILES string of the molecule is O=C(CN1CCN(C(=O)Cn2ccccc2=O)CC1)Nc1ccccc1C(F)(F)F. The first-order valence-corrected chi connectivity index (χ1v) is 9.36. The molecule has 1 aromatic heterocycles. The minimum absolute atomic E-state index is 0.0611. The largest absolute Gasteiger partial charge is 0.418 e. The van der Waals surface area contributed by atoms with E-state index in [4.69, 9.17) is 0 Å². The monoisotopic (exact) mass is 422 g/mol. The van der Waals surface area contributed by atoms with Crippen LogP contribution in [-0.4, -0.2) is 58.9 Å². The first kappa shape index (κ1) is 21.6. The maximum atomic E-state index is 13.0. The van der Waals surface area contributed by atoms with E-state index in [1.165, 1.54) is 28.8 Å². The number of hydrogen-bond donors (Lipinski definition) is 1. The molecule has 0 radical (unpaired) electrons. The second-order valence-electron chi connectivity index (χ2n) is 6.92. The Kier molecular flexibility index (Phi) is 6.56. The Balaban J connectivity index is 1.50. The van der Waals surface area contributed by atoms with E-state index in [0.29, 0.717) is 26.2 Å². The molecule has 30 heavy (non-hydrogen) atoms. The summed E-state index contributed by atoms with van der Waals surface area (Å²) < 4.78 is 40.4. The molecule has 1 fully saturated rings. The molecule has 0 bridgehead atoms. The molecular formula is C20H21F3N4O3. The molecule has 2 amide bonds. The number of carbonyl (C=O) groups is 2. The highest BCUT2D eigenvalue weighted by Gasteiger charge is 2.33. The predicted octanol–water partition coefficient (Wildman–Crippen LogP) is 1.65. The fourth-order valence-electron chi connectivity index (χ4n) is 3.22. The fraction of sp³-hybridized carbons (Fsp3) is 0.350. The van der Waals surface area contributed by atoms with Crippen LogP contribution >= 0.6 is 0 Å². The lowest BCUT2D eigenvalue weighted by atomic mass is 10.1. The zero-order chi connectivity index (χ0) is 21.7. The van der Waals surface area contributed by atoms with Crippen LogP contribution in [-0.2, 0) is 22.3 Å². The second-order valence-corrected chi connectivity index (χ2v) is 6.92. The summed E-state index contributed by atoms with van der Waals surface area (Å²) >= 11 is 0. The van der Waals surface area contributed by atoms with Gasteiger partial charge in [-0.25, -0.2) is 0 Å². The highest BCUT2D eigenvalue weighted by molar-refractivity contribution is 5.93. The zero-order valence-corrected chi connectivity index (χ0v) is 16.1. The van der Waals surface area contributed by atoms with Crippen molar-refractivity contribution in [1.29, 1.82) is 0 Å². The number of benzene rings is 1. The lowest BCUT2D eigenvalue weighted by Gasteiger charge is -2.34. The van der Waals surface area contributed by atoms with Gasteiger partial charge in [0, 0.05) is 38.4 Å². The molecule has 0 spiro atoms. The highest BCUT2D eigenvalue weighted by atomic mass is 19.4. The first-order valence-electron chi connectivity index (χ1n) is 9.36. The van der Waals surface area contributed by atoms with Crippen molar-refractivity contribution < 1.29 is 22.8 Å². The summed E-state index contributed by atoms with van der Waals surface area (Å²) in [6.45, 7) is 1.41. The Morgan fingerprint density at radius 3 is 2.27 bits per heavy atom. The van der Waals surface area contributed by atoms with Gasteiger partial charge in [-0.2, -0.15) is 13.2 Å². The number of nitrogens with zero attached hydrogens (tertiary/aromatic N) is 3. The molecule has 2 aromatic rings. The lowest BCUT2D eigenvalue weighted by molar-refractivity contribution is -0.137. The van der Waals surface area contributed by atoms with E-state index in [2.05, 4.69) is 5.32 Å². The van der Waals surface area contributed by atoms with Crippen LogP contribution in [0.15, 0.2) is 53.5 Å². The molecule has 1 N–H and O–H groups in total. The van der Waals surface area contributed by atoms with Crippen LogP contribution < -0.4 is 10.9 Å². The molecule has 3 rings (SSSR count). The lowest BCUT2D eigenvalue weighted by Crippen LogP contribution is -2.51. The number of pyridine rings is 1. The maximum absolute atomic E-state index is 13.0. The third-order valence-electron chi connectivity index (χ3n) is 4.80. The van der Waals surface area contributed by atoms with E-state index in [0.717, 1.165) is 6.07 Å². The highest BCUT2D eigenvalue weighted by Crippen LogP contribution is 2.34. The van der Waals surface area contributed by atoms with Gasteiger partial charge < -0.3 is 14.8 Å². The number of para-hydroxylation sites is 1. The van der Waals surface area contributed by atoms with Crippen molar-refractivity contribution in [3.8, 4) is 0 Å². The minimum atomic E-state index is -4.56. The van der Waals surface area contributed by atoms with Crippen LogP contribution in [0.25, 0.3) is 0 Å². The van der Waals surface area contributed by atoms with Gasteiger partial charge in [0.25, 0.3) is 5.56 Å². The molecule has 160 valence electrons. The molecule has 0 aliphatic carbocycles. The van der Waals surface area contributed by atoms with Crippen molar-refractivity contribution in [2.24, 2.45) is 0 Å². The van der Waals surface area contributed by atoms with Gasteiger partial charge in [0.05, 0.1) is 17.8 Å². The number of hydrogen-bond acceptors (Lipinski definition) is 4. The van der Waals surface area contributed by atoms with E-state index in [1.807, 2.05) is 0 Å². The number of nitrogens with one attached hydrogen (secondary N) is 1. The number of amides is 2. The Bertz CT molecular complexity index is 966. The Morgan fingerprint density at radius 1 is 0.933 bits per heavy atom. The first-order chi connectivity index (χ1) is 14.2. The van der Waals surface area contributed by atoms with E-state index in [1.54, 1.807) is 28.1 Å². The van der Waals surface area contributed by atoms with Crippen molar-refractivity contribution in [2.45, 2.75) is 12.7 Å². The second kappa shape index (κ2) is 9.12. The molecule has 0 unspecified atom stereocenters. The number of carbonyl (C=O) groups excluding carboxylic acids is 2. The van der Waals surface area contributed by atoms with E-state index in [9.17, 15) is 27.6 Å². The molecule has 1 aromatic carbocycles. The van der Waals surface area contributed by atoms with Gasteiger partial charge >= 0.3 is 6.18 Å². The van der Waals surface area contributed by atoms with Gasteiger partial charge in [-0.1, -0.05) is 18.2 Å².